The lowest BCUT2D eigenvalue weighted by Gasteiger charge is -2.37. The average molecular weight is 377 g/mol. The molecule has 2 fully saturated rings. The Labute approximate surface area is 161 Å². The fraction of sp³-hybridized carbons (Fsp3) is 0.750. The first-order valence-electron chi connectivity index (χ1n) is 10.1. The van der Waals surface area contributed by atoms with Crippen LogP contribution in [0.4, 0.5) is 4.79 Å². The Balaban J connectivity index is 1.51. The summed E-state index contributed by atoms with van der Waals surface area (Å²) in [6.07, 6.45) is 4.51. The highest BCUT2D eigenvalue weighted by atomic mass is 16.6. The fourth-order valence-corrected chi connectivity index (χ4v) is 4.32. The van der Waals surface area contributed by atoms with Crippen LogP contribution in [0.25, 0.3) is 0 Å². The van der Waals surface area contributed by atoms with E-state index in [4.69, 9.17) is 4.74 Å². The van der Waals surface area contributed by atoms with Gasteiger partial charge in [0.25, 0.3) is 0 Å². The van der Waals surface area contributed by atoms with Gasteiger partial charge in [-0.25, -0.2) is 4.79 Å². The van der Waals surface area contributed by atoms with Crippen LogP contribution in [0.3, 0.4) is 0 Å². The number of amides is 2. The molecule has 150 valence electrons. The summed E-state index contributed by atoms with van der Waals surface area (Å²) >= 11 is 0. The molecule has 2 aliphatic heterocycles. The number of aryl methyl sites for hydroxylation is 2. The molecule has 7 nitrogen and oxygen atoms in total. The molecule has 3 rings (SSSR count). The van der Waals surface area contributed by atoms with E-state index in [1.54, 1.807) is 0 Å². The minimum absolute atomic E-state index is 0.172. The van der Waals surface area contributed by atoms with Gasteiger partial charge in [0.1, 0.15) is 5.60 Å². The minimum atomic E-state index is -0.409. The molecule has 1 N–H and O–H groups in total. The van der Waals surface area contributed by atoms with Crippen LogP contribution in [0.15, 0.2) is 0 Å². The van der Waals surface area contributed by atoms with Crippen molar-refractivity contribution in [1.29, 1.82) is 0 Å². The number of likely N-dealkylation sites (tertiary alicyclic amines) is 1. The molecule has 2 aliphatic rings. The third-order valence-corrected chi connectivity index (χ3v) is 6.13. The van der Waals surface area contributed by atoms with Crippen LogP contribution in [-0.2, 0) is 16.0 Å². The molecular weight excluding hydrogens is 344 g/mol. The third kappa shape index (κ3) is 4.12. The van der Waals surface area contributed by atoms with Crippen LogP contribution in [-0.4, -0.2) is 63.3 Å². The maximum atomic E-state index is 12.6. The number of nitrogens with one attached hydrogen (secondary N) is 1. The molecule has 1 spiro atoms. The lowest BCUT2D eigenvalue weighted by atomic mass is 9.90. The molecule has 1 aromatic rings. The van der Waals surface area contributed by atoms with Crippen LogP contribution < -0.4 is 0 Å². The minimum Gasteiger partial charge on any atom is -0.441 e. The van der Waals surface area contributed by atoms with E-state index >= 15 is 0 Å². The highest BCUT2D eigenvalue weighted by Gasteiger charge is 2.48. The van der Waals surface area contributed by atoms with Crippen molar-refractivity contribution in [3.05, 3.63) is 17.0 Å². The second-order valence-electron chi connectivity index (χ2n) is 8.11. The predicted octanol–water partition coefficient (Wildman–Crippen LogP) is 2.96. The van der Waals surface area contributed by atoms with Crippen LogP contribution in [0.5, 0.6) is 0 Å². The molecule has 3 heterocycles. The van der Waals surface area contributed by atoms with Gasteiger partial charge in [0.15, 0.2) is 0 Å². The number of H-pyrrole nitrogens is 1. The van der Waals surface area contributed by atoms with Crippen molar-refractivity contribution in [3.8, 4) is 0 Å². The van der Waals surface area contributed by atoms with Gasteiger partial charge in [0.05, 0.1) is 12.2 Å². The lowest BCUT2D eigenvalue weighted by molar-refractivity contribution is -0.134. The van der Waals surface area contributed by atoms with E-state index in [0.29, 0.717) is 32.5 Å². The summed E-state index contributed by atoms with van der Waals surface area (Å²) in [5.41, 5.74) is 2.74. The Kier molecular flexibility index (Phi) is 5.77. The summed E-state index contributed by atoms with van der Waals surface area (Å²) in [6.45, 7) is 10.1. The van der Waals surface area contributed by atoms with Crippen molar-refractivity contribution in [2.45, 2.75) is 77.9 Å². The number of aromatic nitrogens is 2. The first-order chi connectivity index (χ1) is 12.8. The zero-order valence-corrected chi connectivity index (χ0v) is 17.0. The standard InChI is InChI=1S/C20H32N4O3/c1-5-6-14(2)24-13-20(27-19(24)26)9-11-23(12-10-20)18(25)8-7-17-15(3)21-22-16(17)4/h14H,5-13H2,1-4H3,(H,21,22)/t14-/m1/s1. The van der Waals surface area contributed by atoms with E-state index in [0.717, 1.165) is 42.6 Å². The monoisotopic (exact) mass is 376 g/mol. The summed E-state index contributed by atoms with van der Waals surface area (Å²) in [7, 11) is 0. The number of rotatable bonds is 6. The fourth-order valence-electron chi connectivity index (χ4n) is 4.32. The smallest absolute Gasteiger partial charge is 0.410 e. The van der Waals surface area contributed by atoms with Gasteiger partial charge in [-0.1, -0.05) is 13.3 Å². The summed E-state index contributed by atoms with van der Waals surface area (Å²) in [5.74, 6) is 0.172. The van der Waals surface area contributed by atoms with E-state index in [-0.39, 0.29) is 18.0 Å². The second-order valence-corrected chi connectivity index (χ2v) is 8.11. The van der Waals surface area contributed by atoms with Crippen molar-refractivity contribution < 1.29 is 14.3 Å². The number of carbonyl (C=O) groups is 2. The summed E-state index contributed by atoms with van der Waals surface area (Å²) in [4.78, 5) is 28.7. The number of aromatic amines is 1. The first-order valence-corrected chi connectivity index (χ1v) is 10.1. The molecular formula is C20H32N4O3. The number of carbonyl (C=O) groups excluding carboxylic acids is 2. The van der Waals surface area contributed by atoms with Crippen molar-refractivity contribution >= 4 is 12.0 Å². The van der Waals surface area contributed by atoms with E-state index in [1.165, 1.54) is 0 Å². The van der Waals surface area contributed by atoms with Gasteiger partial charge in [-0.2, -0.15) is 5.10 Å². The number of nitrogens with zero attached hydrogens (tertiary/aromatic N) is 3. The van der Waals surface area contributed by atoms with Crippen molar-refractivity contribution in [2.75, 3.05) is 19.6 Å². The zero-order chi connectivity index (χ0) is 19.6. The van der Waals surface area contributed by atoms with Gasteiger partial charge in [0, 0.05) is 44.1 Å². The zero-order valence-electron chi connectivity index (χ0n) is 17.0. The number of hydrogen-bond acceptors (Lipinski definition) is 4. The van der Waals surface area contributed by atoms with E-state index in [9.17, 15) is 9.59 Å². The van der Waals surface area contributed by atoms with Gasteiger partial charge >= 0.3 is 6.09 Å². The molecule has 0 aromatic carbocycles. The predicted molar refractivity (Wildman–Crippen MR) is 102 cm³/mol. The highest BCUT2D eigenvalue weighted by Crippen LogP contribution is 2.35. The average Bonchev–Trinajstić information content (AvgIpc) is 3.13. The molecule has 0 radical (unpaired) electrons. The SMILES string of the molecule is CCC[C@@H](C)N1CC2(CCN(C(=O)CCc3c(C)n[nH]c3C)CC2)OC1=O. The van der Waals surface area contributed by atoms with Crippen molar-refractivity contribution in [2.24, 2.45) is 0 Å². The summed E-state index contributed by atoms with van der Waals surface area (Å²) in [6, 6.07) is 0.211. The highest BCUT2D eigenvalue weighted by molar-refractivity contribution is 5.77. The maximum absolute atomic E-state index is 12.6. The summed E-state index contributed by atoms with van der Waals surface area (Å²) in [5, 5.41) is 7.16. The lowest BCUT2D eigenvalue weighted by Crippen LogP contribution is -2.49. The normalized spacial score (nSPS) is 20.2. The number of hydrogen-bond donors (Lipinski definition) is 1. The van der Waals surface area contributed by atoms with E-state index in [1.807, 2.05) is 23.6 Å². The molecule has 0 unspecified atom stereocenters. The van der Waals surface area contributed by atoms with Crippen molar-refractivity contribution in [1.82, 2.24) is 20.0 Å². The number of piperidine rings is 1. The molecule has 2 saturated heterocycles. The molecule has 0 bridgehead atoms. The second kappa shape index (κ2) is 7.90. The van der Waals surface area contributed by atoms with Crippen molar-refractivity contribution in [3.63, 3.8) is 0 Å². The molecule has 0 aliphatic carbocycles. The largest absolute Gasteiger partial charge is 0.441 e. The van der Waals surface area contributed by atoms with Crippen LogP contribution in [0.2, 0.25) is 0 Å². The summed E-state index contributed by atoms with van der Waals surface area (Å²) < 4.78 is 5.78. The Morgan fingerprint density at radius 3 is 2.63 bits per heavy atom. The Morgan fingerprint density at radius 2 is 2.04 bits per heavy atom. The van der Waals surface area contributed by atoms with Gasteiger partial charge < -0.3 is 14.5 Å². The number of ether oxygens (including phenoxy) is 1. The third-order valence-electron chi connectivity index (χ3n) is 6.13. The molecule has 2 amide bonds. The maximum Gasteiger partial charge on any atom is 0.410 e. The quantitative estimate of drug-likeness (QED) is 0.828. The Bertz CT molecular complexity index is 672. The van der Waals surface area contributed by atoms with Crippen LogP contribution >= 0.6 is 0 Å². The van der Waals surface area contributed by atoms with E-state index in [2.05, 4.69) is 24.0 Å². The van der Waals surface area contributed by atoms with Crippen LogP contribution in [0, 0.1) is 13.8 Å². The molecule has 27 heavy (non-hydrogen) atoms. The van der Waals surface area contributed by atoms with Gasteiger partial charge in [-0.15, -0.1) is 0 Å². The topological polar surface area (TPSA) is 78.5 Å². The molecule has 7 heteroatoms. The van der Waals surface area contributed by atoms with Gasteiger partial charge in [-0.3, -0.25) is 9.89 Å². The first kappa shape index (κ1) is 19.7. The van der Waals surface area contributed by atoms with Crippen LogP contribution in [0.1, 0.15) is 62.9 Å². The van der Waals surface area contributed by atoms with E-state index < -0.39 is 5.60 Å². The Morgan fingerprint density at radius 1 is 1.33 bits per heavy atom. The van der Waals surface area contributed by atoms with Gasteiger partial charge in [-0.05, 0) is 39.2 Å². The molecule has 1 atom stereocenters. The van der Waals surface area contributed by atoms with Gasteiger partial charge in [0.2, 0.25) is 5.91 Å². The Hall–Kier alpha value is -2.05. The molecule has 0 saturated carbocycles. The molecule has 1 aromatic heterocycles.